The zero-order valence-electron chi connectivity index (χ0n) is 72.7. The van der Waals surface area contributed by atoms with Gasteiger partial charge in [-0.3, -0.25) is 47.9 Å². The predicted molar refractivity (Wildman–Crippen MR) is 460 cm³/mol. The van der Waals surface area contributed by atoms with Crippen LogP contribution in [0.4, 0.5) is 0 Å². The number of nitrogens with one attached hydrogen (secondary N) is 6. The number of rotatable bonds is 82. The Bertz CT molecular complexity index is 3240. The van der Waals surface area contributed by atoms with Crippen LogP contribution < -0.4 is 41.4 Å². The summed E-state index contributed by atoms with van der Waals surface area (Å²) in [6.45, 7) is 13.1. The third-order valence-electron chi connectivity index (χ3n) is 19.0. The number of carboxylic acid groups (broad SMARTS) is 4. The fraction of sp³-hybridized carbons (Fsp3) is 0.708. The fourth-order valence-electron chi connectivity index (χ4n) is 11.9. The van der Waals surface area contributed by atoms with E-state index in [2.05, 4.69) is 31.9 Å². The minimum Gasteiger partial charge on any atom is -0.494 e. The van der Waals surface area contributed by atoms with E-state index >= 15 is 0 Å². The molecule has 0 saturated heterocycles. The number of amides is 6. The highest BCUT2D eigenvalue weighted by molar-refractivity contribution is 5.89. The lowest BCUT2D eigenvalue weighted by Gasteiger charge is -2.14. The lowest BCUT2D eigenvalue weighted by Crippen LogP contribution is -2.41. The summed E-state index contributed by atoms with van der Waals surface area (Å²) in [7, 11) is 0. The van der Waals surface area contributed by atoms with E-state index in [1.807, 2.05) is 20.8 Å². The van der Waals surface area contributed by atoms with Gasteiger partial charge in [-0.2, -0.15) is 0 Å². The molecule has 0 bridgehead atoms. The molecule has 10 N–H and O–H groups in total. The first kappa shape index (κ1) is 114. The van der Waals surface area contributed by atoms with E-state index in [-0.39, 0.29) is 226 Å². The zero-order valence-corrected chi connectivity index (χ0v) is 72.7. The normalized spacial score (nSPS) is 11.9. The minimum atomic E-state index is -1.20. The molecule has 0 aromatic heterocycles. The average Bonchev–Trinajstić information content (AvgIpc) is 0.885. The summed E-state index contributed by atoms with van der Waals surface area (Å²) in [5.41, 5.74) is 0.433. The number of aromatic carboxylic acids is 2. The molecule has 0 aliphatic rings. The van der Waals surface area contributed by atoms with Gasteiger partial charge in [0, 0.05) is 96.2 Å². The molecule has 34 heteroatoms. The Morgan fingerprint density at radius 3 is 1.12 bits per heavy atom. The van der Waals surface area contributed by atoms with E-state index in [1.54, 1.807) is 31.2 Å². The van der Waals surface area contributed by atoms with Crippen LogP contribution in [0.5, 0.6) is 11.5 Å². The Morgan fingerprint density at radius 2 is 0.699 bits per heavy atom. The maximum Gasteiger partial charge on any atom is 0.335 e. The number of carbonyl (C=O) groups is 14. The number of benzene rings is 2. The fourth-order valence-corrected chi connectivity index (χ4v) is 11.9. The Kier molecular flexibility index (Phi) is 72.2. The first-order chi connectivity index (χ1) is 58.8. The predicted octanol–water partition coefficient (Wildman–Crippen LogP) is 9.97. The van der Waals surface area contributed by atoms with Crippen molar-refractivity contribution in [3.8, 4) is 11.5 Å². The van der Waals surface area contributed by atoms with Gasteiger partial charge in [-0.15, -0.1) is 0 Å². The summed E-state index contributed by atoms with van der Waals surface area (Å²) in [5.74, 6) is -4.74. The summed E-state index contributed by atoms with van der Waals surface area (Å²) < 4.78 is 54.1. The zero-order chi connectivity index (χ0) is 89.9. The van der Waals surface area contributed by atoms with Crippen LogP contribution in [0.25, 0.3) is 0 Å². The van der Waals surface area contributed by atoms with E-state index in [4.69, 9.17) is 57.6 Å². The van der Waals surface area contributed by atoms with Gasteiger partial charge in [0.25, 0.3) is 0 Å². The molecule has 123 heavy (non-hydrogen) atoms. The van der Waals surface area contributed by atoms with Crippen LogP contribution in [0.15, 0.2) is 48.5 Å². The maximum atomic E-state index is 12.4. The smallest absolute Gasteiger partial charge is 0.335 e. The van der Waals surface area contributed by atoms with Gasteiger partial charge in [0.2, 0.25) is 35.4 Å². The summed E-state index contributed by atoms with van der Waals surface area (Å²) >= 11 is 0. The van der Waals surface area contributed by atoms with Gasteiger partial charge in [0.1, 0.15) is 67.4 Å². The quantitative estimate of drug-likeness (QED) is 0.0275. The van der Waals surface area contributed by atoms with Gasteiger partial charge in [0.15, 0.2) is 5.78 Å². The van der Waals surface area contributed by atoms with Crippen LogP contribution in [-0.2, 0) is 95.4 Å². The number of unbranched alkanes of at least 4 members (excludes halogenated alkanes) is 13. The number of carboxylic acids is 4. The lowest BCUT2D eigenvalue weighted by atomic mass is 9.89. The third kappa shape index (κ3) is 68.2. The van der Waals surface area contributed by atoms with Crippen molar-refractivity contribution in [1.29, 1.82) is 0 Å². The van der Waals surface area contributed by atoms with E-state index in [9.17, 15) is 77.3 Å². The van der Waals surface area contributed by atoms with Crippen molar-refractivity contribution >= 4 is 82.5 Å². The molecule has 0 radical (unpaired) electrons. The van der Waals surface area contributed by atoms with E-state index in [0.29, 0.717) is 109 Å². The highest BCUT2D eigenvalue weighted by Crippen LogP contribution is 2.21. The van der Waals surface area contributed by atoms with E-state index in [0.717, 1.165) is 116 Å². The number of hydrogen-bond acceptors (Lipinski definition) is 24. The Morgan fingerprint density at radius 1 is 0.317 bits per heavy atom. The van der Waals surface area contributed by atoms with Gasteiger partial charge >= 0.3 is 23.9 Å². The third-order valence-corrected chi connectivity index (χ3v) is 19.0. The number of carbonyl (C=O) groups excluding carboxylic acids is 10. The molecule has 2 aromatic carbocycles. The number of ketones is 4. The Hall–Kier alpha value is -8.90. The van der Waals surface area contributed by atoms with Crippen LogP contribution in [0.2, 0.25) is 0 Å². The van der Waals surface area contributed by atoms with Gasteiger partial charge in [-0.05, 0) is 139 Å². The molecule has 0 aliphatic carbocycles. The maximum absolute atomic E-state index is 12.4. The molecule has 0 aliphatic heterocycles. The van der Waals surface area contributed by atoms with Crippen molar-refractivity contribution in [2.45, 2.75) is 253 Å². The molecule has 0 unspecified atom stereocenters. The number of aliphatic carboxylic acids is 2. The first-order valence-electron chi connectivity index (χ1n) is 43.6. The molecular formula is C89H146N6O28. The summed E-state index contributed by atoms with van der Waals surface area (Å²) in [6.07, 6.45) is 20.6. The topological polar surface area (TPSA) is 484 Å². The highest BCUT2D eigenvalue weighted by atomic mass is 16.5. The standard InChI is InChI=1S/C50H81N3O15.C38H61N3O13.CH4/c1-4-15-40(39(3)54)21-25-45(56)38(2)16-11-12-27-51-48(59)37-67-35-32-64-29-14-17-42(55)36-66-34-33-65-31-28-52-46(57)26-24-44(50(62)63)53-47(58)18-10-8-6-5-7-9-13-30-68-43-22-19-41(20-23-43)49(60)61;1-2-19-39-35(44)28-53-27-25-51-23-20-40-36(45)29-52-26-24-50-21-10-11-31(42)15-18-33(38(48)49)41-34(43)12-8-6-4-3-5-7-9-22-54-32-16-13-30(14-17-32)37(46)47;/h19-20,22-23,38,40,44H,4-18,21,24-37H2,1-3H3,(H,51,59)(H,52,57)(H,53,58)(H,60,61)(H,62,63);13-14,16-17,33H,2-12,15,18-29H2,1H3,(H,39,44)(H,40,45)(H,41,43)(H,46,47)(H,48,49);1H4/t38-,40+,44-;33-;/m00./s1. The monoisotopic (exact) mass is 1750 g/mol. The average molecular weight is 1750 g/mol. The van der Waals surface area contributed by atoms with Crippen molar-refractivity contribution in [2.75, 3.05) is 145 Å². The van der Waals surface area contributed by atoms with Crippen LogP contribution in [0.3, 0.4) is 0 Å². The van der Waals surface area contributed by atoms with Crippen molar-refractivity contribution in [1.82, 2.24) is 31.9 Å². The van der Waals surface area contributed by atoms with Gasteiger partial charge in [-0.1, -0.05) is 105 Å². The highest BCUT2D eigenvalue weighted by Gasteiger charge is 2.24. The summed E-state index contributed by atoms with van der Waals surface area (Å²) in [5, 5.41) is 52.8. The Labute approximate surface area is 726 Å². The first-order valence-corrected chi connectivity index (χ1v) is 43.6. The van der Waals surface area contributed by atoms with E-state index < -0.39 is 36.0 Å². The molecule has 0 saturated carbocycles. The largest absolute Gasteiger partial charge is 0.494 e. The molecule has 4 atom stereocenters. The molecule has 0 heterocycles. The number of hydrogen-bond donors (Lipinski definition) is 10. The molecular weight excluding hydrogens is 1600 g/mol. The van der Waals surface area contributed by atoms with Crippen LogP contribution in [0, 0.1) is 11.8 Å². The summed E-state index contributed by atoms with van der Waals surface area (Å²) in [4.78, 5) is 166. The van der Waals surface area contributed by atoms with Crippen molar-refractivity contribution in [2.24, 2.45) is 11.8 Å². The lowest BCUT2D eigenvalue weighted by molar-refractivity contribution is -0.142. The molecule has 34 nitrogen and oxygen atoms in total. The molecule has 2 rings (SSSR count). The van der Waals surface area contributed by atoms with Gasteiger partial charge < -0.3 is 99.7 Å². The molecule has 2 aromatic rings. The van der Waals surface area contributed by atoms with Gasteiger partial charge in [0.05, 0.1) is 90.4 Å². The second-order valence-corrected chi connectivity index (χ2v) is 29.6. The second-order valence-electron chi connectivity index (χ2n) is 29.6. The Balaban J connectivity index is 0.00000246. The molecule has 0 spiro atoms. The molecule has 700 valence electrons. The molecule has 6 amide bonds. The van der Waals surface area contributed by atoms with Crippen molar-refractivity contribution in [3.05, 3.63) is 59.7 Å². The SMILES string of the molecule is C.CCCNC(=O)COCCOCCNC(=O)COCCOCCCC(=O)CC[C@H](NC(=O)CCCCCCCCCOc1ccc(C(=O)O)cc1)C(=O)O.CCC[C@H](CCC(=O)[C@@H](C)CCCCNC(=O)COCCOCCCC(=O)COCCOCCNC(=O)CC[C@H](NC(=O)CCCCCCCCCOc1ccc(C(=O)O)cc1)C(=O)O)C(C)=O. The van der Waals surface area contributed by atoms with Crippen molar-refractivity contribution in [3.63, 3.8) is 0 Å². The van der Waals surface area contributed by atoms with Crippen LogP contribution in [0.1, 0.15) is 261 Å². The van der Waals surface area contributed by atoms with Crippen LogP contribution in [-0.4, -0.2) is 260 Å². The minimum absolute atomic E-state index is 0. The molecule has 0 fully saturated rings. The summed E-state index contributed by atoms with van der Waals surface area (Å²) in [6, 6.07) is 10.3. The second kappa shape index (κ2) is 77.9. The van der Waals surface area contributed by atoms with Crippen LogP contribution >= 0.6 is 0 Å². The number of Topliss-reactive ketones (excluding diaryl/α,β-unsaturated/α-hetero) is 4. The van der Waals surface area contributed by atoms with E-state index in [1.165, 1.54) is 24.3 Å². The van der Waals surface area contributed by atoms with Crippen molar-refractivity contribution < 1.29 is 135 Å². The van der Waals surface area contributed by atoms with Gasteiger partial charge in [-0.25, -0.2) is 19.2 Å². The number of ether oxygens (including phenoxy) is 10.